The summed E-state index contributed by atoms with van der Waals surface area (Å²) in [6, 6.07) is 43.9. The minimum absolute atomic E-state index is 0.601. The van der Waals surface area contributed by atoms with Crippen LogP contribution in [0, 0.1) is 6.57 Å². The summed E-state index contributed by atoms with van der Waals surface area (Å²) in [6.07, 6.45) is 1.91. The smallest absolute Gasteiger partial charge is 0.211 e. The molecule has 0 amide bonds. The normalized spacial score (nSPS) is 12.9. The van der Waals surface area contributed by atoms with Gasteiger partial charge < -0.3 is 4.90 Å². The first-order valence-electron chi connectivity index (χ1n) is 13.6. The van der Waals surface area contributed by atoms with Gasteiger partial charge in [-0.15, -0.1) is 0 Å². The van der Waals surface area contributed by atoms with Gasteiger partial charge in [0, 0.05) is 25.8 Å². The van der Waals surface area contributed by atoms with E-state index in [-0.39, 0.29) is 0 Å². The quantitative estimate of drug-likeness (QED) is 0.195. The van der Waals surface area contributed by atoms with Crippen LogP contribution in [0.15, 0.2) is 153 Å². The van der Waals surface area contributed by atoms with Gasteiger partial charge in [0.15, 0.2) is 0 Å². The molecule has 0 radical (unpaired) electrons. The Morgan fingerprint density at radius 1 is 0.500 bits per heavy atom. The van der Waals surface area contributed by atoms with Gasteiger partial charge >= 0.3 is 0 Å². The maximum atomic E-state index is 8.11. The van der Waals surface area contributed by atoms with E-state index < -0.39 is 0 Å². The van der Waals surface area contributed by atoms with E-state index in [1.807, 2.05) is 12.3 Å². The van der Waals surface area contributed by atoms with Crippen LogP contribution in [0.2, 0.25) is 0 Å². The average molecular weight is 575 g/mol. The Balaban J connectivity index is 1.18. The van der Waals surface area contributed by atoms with Crippen molar-refractivity contribution in [2.24, 2.45) is 0 Å². The highest BCUT2D eigenvalue weighted by atomic mass is 32.2. The first-order valence-corrected chi connectivity index (χ1v) is 15.2. The molecule has 0 aliphatic carbocycles. The molecule has 1 aromatic heterocycles. The van der Waals surface area contributed by atoms with Crippen molar-refractivity contribution in [2.45, 2.75) is 19.6 Å². The Bertz CT molecular complexity index is 1940. The highest BCUT2D eigenvalue weighted by molar-refractivity contribution is 8.00. The average Bonchev–Trinajstić information content (AvgIpc) is 3.06. The lowest BCUT2D eigenvalue weighted by molar-refractivity contribution is 1.11. The molecule has 0 bridgehead atoms. The molecule has 0 unspecified atom stereocenters. The predicted molar refractivity (Wildman–Crippen MR) is 174 cm³/mol. The summed E-state index contributed by atoms with van der Waals surface area (Å²) in [5.74, 6) is 0.861. The summed E-state index contributed by atoms with van der Waals surface area (Å²) in [6.45, 7) is 8.11. The van der Waals surface area contributed by atoms with Crippen LogP contribution in [0.1, 0.15) is 0 Å². The third-order valence-corrected chi connectivity index (χ3v) is 9.77. The van der Waals surface area contributed by atoms with Gasteiger partial charge in [0.05, 0.1) is 35.0 Å². The predicted octanol–water partition coefficient (Wildman–Crippen LogP) is 11.2. The summed E-state index contributed by atoms with van der Waals surface area (Å²) < 4.78 is 0. The van der Waals surface area contributed by atoms with E-state index in [2.05, 4.69) is 136 Å². The number of fused-ring (bicyclic) bond motifs is 4. The Morgan fingerprint density at radius 3 is 1.45 bits per heavy atom. The minimum Gasteiger partial charge on any atom is -0.318 e. The number of hydrogen-bond donors (Lipinski definition) is 0. The zero-order valence-corrected chi connectivity index (χ0v) is 23.9. The molecule has 2 aliphatic heterocycles. The maximum Gasteiger partial charge on any atom is 0.211 e. The van der Waals surface area contributed by atoms with Crippen molar-refractivity contribution >= 4 is 63.5 Å². The fourth-order valence-corrected chi connectivity index (χ4v) is 7.70. The number of hydrogen-bond acceptors (Lipinski definition) is 5. The van der Waals surface area contributed by atoms with E-state index in [0.29, 0.717) is 5.69 Å². The number of rotatable bonds is 3. The zero-order valence-electron chi connectivity index (χ0n) is 22.3. The SMILES string of the molecule is [C-]#[N+]c1cc(-c2ccc(N3c4ccccc4Sc4ccccc43)nc2)ccc1N1c2ccccc2Sc2ccccc21. The number of anilines is 6. The van der Waals surface area contributed by atoms with Crippen molar-refractivity contribution in [3.63, 3.8) is 0 Å². The molecule has 0 saturated carbocycles. The lowest BCUT2D eigenvalue weighted by Crippen LogP contribution is -2.15. The monoisotopic (exact) mass is 574 g/mol. The van der Waals surface area contributed by atoms with E-state index in [4.69, 9.17) is 11.6 Å². The third-order valence-electron chi connectivity index (χ3n) is 7.51. The molecule has 0 saturated heterocycles. The number of para-hydroxylation sites is 4. The summed E-state index contributed by atoms with van der Waals surface area (Å²) in [4.78, 5) is 18.1. The molecular weight excluding hydrogens is 553 g/mol. The molecule has 42 heavy (non-hydrogen) atoms. The Hall–Kier alpha value is -4.96. The van der Waals surface area contributed by atoms with Crippen LogP contribution < -0.4 is 9.80 Å². The van der Waals surface area contributed by atoms with Crippen LogP contribution in [0.4, 0.5) is 39.9 Å². The van der Waals surface area contributed by atoms with E-state index in [1.165, 1.54) is 19.6 Å². The topological polar surface area (TPSA) is 23.7 Å². The van der Waals surface area contributed by atoms with Crippen LogP contribution in [-0.2, 0) is 0 Å². The lowest BCUT2D eigenvalue weighted by atomic mass is 10.0. The van der Waals surface area contributed by atoms with E-state index >= 15 is 0 Å². The van der Waals surface area contributed by atoms with Crippen molar-refractivity contribution in [2.75, 3.05) is 9.80 Å². The Morgan fingerprint density at radius 2 is 0.976 bits per heavy atom. The van der Waals surface area contributed by atoms with Crippen molar-refractivity contribution in [3.05, 3.63) is 145 Å². The van der Waals surface area contributed by atoms with Gasteiger partial charge in [-0.3, -0.25) is 4.90 Å². The van der Waals surface area contributed by atoms with Crippen LogP contribution in [0.5, 0.6) is 0 Å². The van der Waals surface area contributed by atoms with Crippen molar-refractivity contribution in [1.29, 1.82) is 0 Å². The number of pyridine rings is 1. The van der Waals surface area contributed by atoms with E-state index in [0.717, 1.165) is 45.4 Å². The second-order valence-corrected chi connectivity index (χ2v) is 12.1. The van der Waals surface area contributed by atoms with Crippen LogP contribution in [-0.4, -0.2) is 4.98 Å². The zero-order chi connectivity index (χ0) is 28.0. The number of nitrogens with zero attached hydrogens (tertiary/aromatic N) is 4. The second-order valence-electron chi connectivity index (χ2n) is 9.97. The van der Waals surface area contributed by atoms with Crippen molar-refractivity contribution < 1.29 is 0 Å². The molecule has 2 aliphatic rings. The van der Waals surface area contributed by atoms with Crippen LogP contribution in [0.3, 0.4) is 0 Å². The molecule has 0 N–H and O–H groups in total. The van der Waals surface area contributed by atoms with Gasteiger partial charge in [-0.2, -0.15) is 0 Å². The molecule has 8 rings (SSSR count). The van der Waals surface area contributed by atoms with Gasteiger partial charge in [0.1, 0.15) is 5.82 Å². The summed E-state index contributed by atoms with van der Waals surface area (Å²) >= 11 is 3.55. The molecule has 0 atom stereocenters. The van der Waals surface area contributed by atoms with E-state index in [9.17, 15) is 0 Å². The first-order chi connectivity index (χ1) is 20.8. The van der Waals surface area contributed by atoms with Crippen molar-refractivity contribution in [1.82, 2.24) is 4.98 Å². The fourth-order valence-electron chi connectivity index (χ4n) is 5.59. The molecule has 198 valence electrons. The molecule has 3 heterocycles. The standard InChI is InChI=1S/C36H22N4S2/c1-37-26-22-24(18-20-27(26)39-28-10-2-6-14-32(28)41-33-15-7-3-11-29(33)39)25-19-21-36(38-23-25)40-30-12-4-8-16-34(30)42-35-17-9-5-13-31(35)40/h2-23H. The summed E-state index contributed by atoms with van der Waals surface area (Å²) in [5, 5.41) is 0. The van der Waals surface area contributed by atoms with Gasteiger partial charge in [-0.05, 0) is 83.9 Å². The number of aromatic nitrogens is 1. The number of benzene rings is 5. The molecule has 6 heteroatoms. The minimum atomic E-state index is 0.601. The van der Waals surface area contributed by atoms with Gasteiger partial charge in [0.2, 0.25) is 5.69 Å². The Labute approximate surface area is 253 Å². The van der Waals surface area contributed by atoms with Crippen LogP contribution >= 0.6 is 23.5 Å². The summed E-state index contributed by atoms with van der Waals surface area (Å²) in [5.41, 5.74) is 7.84. The largest absolute Gasteiger partial charge is 0.318 e. The molecule has 6 aromatic rings. The third kappa shape index (κ3) is 4.06. The second kappa shape index (κ2) is 10.1. The van der Waals surface area contributed by atoms with Gasteiger partial charge in [-0.1, -0.05) is 78.1 Å². The van der Waals surface area contributed by atoms with Gasteiger partial charge in [0.25, 0.3) is 0 Å². The first kappa shape index (κ1) is 24.8. The molecule has 0 spiro atoms. The molecular formula is C36H22N4S2. The maximum absolute atomic E-state index is 8.11. The van der Waals surface area contributed by atoms with Crippen molar-refractivity contribution in [3.8, 4) is 11.1 Å². The summed E-state index contributed by atoms with van der Waals surface area (Å²) in [7, 11) is 0. The molecule has 4 nitrogen and oxygen atoms in total. The molecule has 0 fully saturated rings. The highest BCUT2D eigenvalue weighted by Crippen LogP contribution is 2.54. The van der Waals surface area contributed by atoms with E-state index in [1.54, 1.807) is 23.5 Å². The highest BCUT2D eigenvalue weighted by Gasteiger charge is 2.27. The van der Waals surface area contributed by atoms with Crippen LogP contribution in [0.25, 0.3) is 16.0 Å². The van der Waals surface area contributed by atoms with Gasteiger partial charge in [-0.25, -0.2) is 9.83 Å². The molecule has 5 aromatic carbocycles. The lowest BCUT2D eigenvalue weighted by Gasteiger charge is -2.33. The Kier molecular flexibility index (Phi) is 5.99. The fraction of sp³-hybridized carbons (Fsp3) is 0.